The summed E-state index contributed by atoms with van der Waals surface area (Å²) in [4.78, 5) is 0. The van der Waals surface area contributed by atoms with Gasteiger partial charge in [-0.1, -0.05) is 0 Å². The fourth-order valence-electron chi connectivity index (χ4n) is 1.14. The Morgan fingerprint density at radius 1 is 1.58 bits per heavy atom. The van der Waals surface area contributed by atoms with Gasteiger partial charge in [-0.3, -0.25) is 0 Å². The van der Waals surface area contributed by atoms with Crippen molar-refractivity contribution in [3.05, 3.63) is 0 Å². The molecule has 1 saturated carbocycles. The highest BCUT2D eigenvalue weighted by atomic mass is 35.5. The first-order valence-corrected chi connectivity index (χ1v) is 6.30. The van der Waals surface area contributed by atoms with E-state index in [-0.39, 0.29) is 17.7 Å². The van der Waals surface area contributed by atoms with Crippen LogP contribution in [0.25, 0.3) is 0 Å². The van der Waals surface area contributed by atoms with Crippen LogP contribution in [0.4, 0.5) is 0 Å². The van der Waals surface area contributed by atoms with Gasteiger partial charge in [0.25, 0.3) is 0 Å². The standard InChI is InChI=1S/C7H14ClNO2S/c1-6(7-2-3-7)9-12(10,11)5-4-8/h6-7,9H,2-5H2,1H3. The molecule has 3 nitrogen and oxygen atoms in total. The van der Waals surface area contributed by atoms with E-state index in [2.05, 4.69) is 4.72 Å². The minimum absolute atomic E-state index is 0.0195. The zero-order chi connectivity index (χ0) is 9.19. The van der Waals surface area contributed by atoms with Gasteiger partial charge in [0.15, 0.2) is 0 Å². The summed E-state index contributed by atoms with van der Waals surface area (Å²) in [7, 11) is -3.12. The van der Waals surface area contributed by atoms with Crippen LogP contribution in [-0.4, -0.2) is 26.1 Å². The molecule has 0 aromatic heterocycles. The summed E-state index contributed by atoms with van der Waals surface area (Å²) in [5.74, 6) is 0.730. The molecule has 5 heteroatoms. The van der Waals surface area contributed by atoms with Gasteiger partial charge in [-0.15, -0.1) is 11.6 Å². The Bertz CT molecular complexity index is 236. The predicted octanol–water partition coefficient (Wildman–Crippen LogP) is 0.943. The van der Waals surface area contributed by atoms with E-state index in [4.69, 9.17) is 11.6 Å². The van der Waals surface area contributed by atoms with Gasteiger partial charge in [0, 0.05) is 11.9 Å². The Labute approximate surface area is 78.5 Å². The third kappa shape index (κ3) is 3.29. The van der Waals surface area contributed by atoms with Gasteiger partial charge in [-0.2, -0.15) is 0 Å². The average molecular weight is 212 g/mol. The third-order valence-corrected chi connectivity index (χ3v) is 3.93. The van der Waals surface area contributed by atoms with Crippen LogP contribution in [0.15, 0.2) is 0 Å². The van der Waals surface area contributed by atoms with Crippen LogP contribution in [0.2, 0.25) is 0 Å². The number of rotatable bonds is 5. The molecule has 0 bridgehead atoms. The molecule has 0 saturated heterocycles. The number of hydrogen-bond acceptors (Lipinski definition) is 2. The molecule has 1 fully saturated rings. The fraction of sp³-hybridized carbons (Fsp3) is 1.00. The van der Waals surface area contributed by atoms with Crippen LogP contribution < -0.4 is 4.72 Å². The van der Waals surface area contributed by atoms with Crippen LogP contribution in [0.5, 0.6) is 0 Å². The quantitative estimate of drug-likeness (QED) is 0.689. The fourth-order valence-corrected chi connectivity index (χ4v) is 2.83. The van der Waals surface area contributed by atoms with Crippen LogP contribution in [-0.2, 0) is 10.0 Å². The van der Waals surface area contributed by atoms with Gasteiger partial charge in [0.05, 0.1) is 5.75 Å². The van der Waals surface area contributed by atoms with Gasteiger partial charge in [-0.25, -0.2) is 13.1 Å². The number of halogens is 1. The lowest BCUT2D eigenvalue weighted by Crippen LogP contribution is -2.36. The number of nitrogens with one attached hydrogen (secondary N) is 1. The Hall–Kier alpha value is 0.200. The zero-order valence-electron chi connectivity index (χ0n) is 7.09. The van der Waals surface area contributed by atoms with Gasteiger partial charge in [0.2, 0.25) is 10.0 Å². The molecule has 0 aromatic carbocycles. The molecular weight excluding hydrogens is 198 g/mol. The highest BCUT2D eigenvalue weighted by Crippen LogP contribution is 2.32. The normalized spacial score (nSPS) is 20.8. The van der Waals surface area contributed by atoms with Crippen LogP contribution in [0.1, 0.15) is 19.8 Å². The van der Waals surface area contributed by atoms with Crippen LogP contribution in [0, 0.1) is 5.92 Å². The van der Waals surface area contributed by atoms with Crippen molar-refractivity contribution < 1.29 is 8.42 Å². The summed E-state index contributed by atoms with van der Waals surface area (Å²) in [6.07, 6.45) is 2.29. The molecule has 0 spiro atoms. The molecule has 12 heavy (non-hydrogen) atoms. The van der Waals surface area contributed by atoms with E-state index >= 15 is 0 Å². The molecule has 1 atom stereocenters. The second-order valence-electron chi connectivity index (χ2n) is 3.25. The van der Waals surface area contributed by atoms with Crippen molar-refractivity contribution in [2.45, 2.75) is 25.8 Å². The highest BCUT2D eigenvalue weighted by molar-refractivity contribution is 7.89. The average Bonchev–Trinajstić information content (AvgIpc) is 2.65. The molecule has 1 aliphatic carbocycles. The van der Waals surface area contributed by atoms with Crippen LogP contribution in [0.3, 0.4) is 0 Å². The SMILES string of the molecule is CC(NS(=O)(=O)CCCl)C1CC1. The Kier molecular flexibility index (Phi) is 3.37. The van der Waals surface area contributed by atoms with Gasteiger partial charge >= 0.3 is 0 Å². The van der Waals surface area contributed by atoms with Crippen LogP contribution >= 0.6 is 11.6 Å². The van der Waals surface area contributed by atoms with Gasteiger partial charge < -0.3 is 0 Å². The Balaban J connectivity index is 2.37. The largest absolute Gasteiger partial charge is 0.213 e. The number of hydrogen-bond donors (Lipinski definition) is 1. The summed E-state index contributed by atoms with van der Waals surface area (Å²) in [6, 6.07) is 0.0817. The van der Waals surface area contributed by atoms with E-state index < -0.39 is 10.0 Å². The first-order chi connectivity index (χ1) is 5.55. The molecule has 0 aliphatic heterocycles. The minimum Gasteiger partial charge on any atom is -0.212 e. The molecule has 0 heterocycles. The van der Waals surface area contributed by atoms with Crippen molar-refractivity contribution in [3.63, 3.8) is 0 Å². The lowest BCUT2D eigenvalue weighted by atomic mass is 10.2. The molecule has 1 unspecified atom stereocenters. The van der Waals surface area contributed by atoms with Crippen molar-refractivity contribution in [2.24, 2.45) is 5.92 Å². The number of sulfonamides is 1. The Morgan fingerprint density at radius 2 is 2.17 bits per heavy atom. The van der Waals surface area contributed by atoms with E-state index in [1.165, 1.54) is 0 Å². The molecule has 1 rings (SSSR count). The maximum atomic E-state index is 11.2. The van der Waals surface area contributed by atoms with Gasteiger partial charge in [-0.05, 0) is 25.7 Å². The maximum absolute atomic E-state index is 11.2. The molecule has 0 radical (unpaired) electrons. The first-order valence-electron chi connectivity index (χ1n) is 4.11. The van der Waals surface area contributed by atoms with E-state index in [9.17, 15) is 8.42 Å². The van der Waals surface area contributed by atoms with Crippen molar-refractivity contribution >= 4 is 21.6 Å². The maximum Gasteiger partial charge on any atom is 0.213 e. The lowest BCUT2D eigenvalue weighted by Gasteiger charge is -2.11. The first kappa shape index (κ1) is 10.3. The topological polar surface area (TPSA) is 46.2 Å². The van der Waals surface area contributed by atoms with E-state index in [1.807, 2.05) is 6.92 Å². The van der Waals surface area contributed by atoms with E-state index in [1.54, 1.807) is 0 Å². The summed E-state index contributed by atoms with van der Waals surface area (Å²) < 4.78 is 25.0. The molecule has 72 valence electrons. The van der Waals surface area contributed by atoms with Crippen molar-refractivity contribution in [3.8, 4) is 0 Å². The highest BCUT2D eigenvalue weighted by Gasteiger charge is 2.30. The zero-order valence-corrected chi connectivity index (χ0v) is 8.66. The van der Waals surface area contributed by atoms with E-state index in [0.717, 1.165) is 12.8 Å². The predicted molar refractivity (Wildman–Crippen MR) is 49.8 cm³/mol. The molecule has 0 aromatic rings. The second-order valence-corrected chi connectivity index (χ2v) is 5.50. The smallest absolute Gasteiger partial charge is 0.212 e. The summed E-state index contributed by atoms with van der Waals surface area (Å²) in [5, 5.41) is 0. The monoisotopic (exact) mass is 211 g/mol. The lowest BCUT2D eigenvalue weighted by molar-refractivity contribution is 0.539. The minimum atomic E-state index is -3.12. The molecule has 1 N–H and O–H groups in total. The summed E-state index contributed by atoms with van der Waals surface area (Å²) >= 11 is 5.35. The van der Waals surface area contributed by atoms with Crippen molar-refractivity contribution in [1.82, 2.24) is 4.72 Å². The molecular formula is C7H14ClNO2S. The molecule has 1 aliphatic rings. The number of alkyl halides is 1. The van der Waals surface area contributed by atoms with Gasteiger partial charge in [0.1, 0.15) is 0 Å². The van der Waals surface area contributed by atoms with Crippen molar-refractivity contribution in [1.29, 1.82) is 0 Å². The summed E-state index contributed by atoms with van der Waals surface area (Å²) in [6.45, 7) is 1.91. The molecule has 0 amide bonds. The van der Waals surface area contributed by atoms with Crippen molar-refractivity contribution in [2.75, 3.05) is 11.6 Å². The second kappa shape index (κ2) is 3.94. The Morgan fingerprint density at radius 3 is 2.58 bits per heavy atom. The third-order valence-electron chi connectivity index (χ3n) is 2.04. The van der Waals surface area contributed by atoms with E-state index in [0.29, 0.717) is 5.92 Å². The summed E-state index contributed by atoms with van der Waals surface area (Å²) in [5.41, 5.74) is 0.